The first kappa shape index (κ1) is 15.7. The number of nitrogens with one attached hydrogen (secondary N) is 1. The summed E-state index contributed by atoms with van der Waals surface area (Å²) in [4.78, 5) is 33.2. The zero-order valence-corrected chi connectivity index (χ0v) is 11.9. The number of carbonyl (C=O) groups excluding carboxylic acids is 1. The zero-order chi connectivity index (χ0) is 16.3. The van der Waals surface area contributed by atoms with Crippen LogP contribution in [0.4, 0.5) is 5.69 Å². The van der Waals surface area contributed by atoms with Gasteiger partial charge < -0.3 is 15.2 Å². The van der Waals surface area contributed by atoms with E-state index in [4.69, 9.17) is 9.84 Å². The molecule has 8 heteroatoms. The first-order chi connectivity index (χ1) is 10.4. The van der Waals surface area contributed by atoms with Crippen LogP contribution < -0.4 is 10.1 Å². The number of carboxylic acids is 1. The number of rotatable bonds is 6. The van der Waals surface area contributed by atoms with E-state index in [1.54, 1.807) is 0 Å². The molecule has 0 spiro atoms. The second kappa shape index (κ2) is 6.42. The molecule has 0 saturated heterocycles. The summed E-state index contributed by atoms with van der Waals surface area (Å²) in [5.74, 6) is -2.09. The normalized spacial score (nSPS) is 19.9. The standard InChI is InChI=1S/C14H16N2O6/c1-22-12-5-2-9(16(20)21)6-8(12)7-15-13(17)10-3-4-11(10)14(18)19/h2,5-6,10-11H,3-4,7H2,1H3,(H,15,17)(H,18,19). The number of hydrogen-bond acceptors (Lipinski definition) is 5. The zero-order valence-electron chi connectivity index (χ0n) is 11.9. The van der Waals surface area contributed by atoms with Gasteiger partial charge in [0.15, 0.2) is 0 Å². The Kier molecular flexibility index (Phi) is 4.59. The van der Waals surface area contributed by atoms with E-state index in [1.165, 1.54) is 25.3 Å². The van der Waals surface area contributed by atoms with Gasteiger partial charge in [-0.25, -0.2) is 0 Å². The number of non-ortho nitro benzene ring substituents is 1. The predicted octanol–water partition coefficient (Wildman–Crippen LogP) is 1.33. The van der Waals surface area contributed by atoms with Gasteiger partial charge in [-0.2, -0.15) is 0 Å². The number of aliphatic carboxylic acids is 1. The van der Waals surface area contributed by atoms with Crippen molar-refractivity contribution in [1.29, 1.82) is 0 Å². The molecule has 0 radical (unpaired) electrons. The smallest absolute Gasteiger partial charge is 0.307 e. The Morgan fingerprint density at radius 3 is 2.59 bits per heavy atom. The molecule has 1 aromatic rings. The van der Waals surface area contributed by atoms with Crippen molar-refractivity contribution >= 4 is 17.6 Å². The van der Waals surface area contributed by atoms with Gasteiger partial charge in [-0.05, 0) is 18.9 Å². The molecule has 22 heavy (non-hydrogen) atoms. The minimum absolute atomic E-state index is 0.0481. The van der Waals surface area contributed by atoms with E-state index in [9.17, 15) is 19.7 Å². The highest BCUT2D eigenvalue weighted by Crippen LogP contribution is 2.34. The van der Waals surface area contributed by atoms with Crippen molar-refractivity contribution in [2.75, 3.05) is 7.11 Å². The summed E-state index contributed by atoms with van der Waals surface area (Å²) in [6, 6.07) is 4.11. The molecular weight excluding hydrogens is 292 g/mol. The van der Waals surface area contributed by atoms with Gasteiger partial charge in [0, 0.05) is 24.2 Å². The van der Waals surface area contributed by atoms with Crippen LogP contribution in [0.15, 0.2) is 18.2 Å². The maximum Gasteiger partial charge on any atom is 0.307 e. The molecule has 1 saturated carbocycles. The average Bonchev–Trinajstić information content (AvgIpc) is 2.42. The van der Waals surface area contributed by atoms with Crippen LogP contribution in [-0.4, -0.2) is 29.0 Å². The fraction of sp³-hybridized carbons (Fsp3) is 0.429. The highest BCUT2D eigenvalue weighted by molar-refractivity contribution is 5.86. The molecule has 1 fully saturated rings. The monoisotopic (exact) mass is 308 g/mol. The van der Waals surface area contributed by atoms with Crippen LogP contribution in [0.2, 0.25) is 0 Å². The molecular formula is C14H16N2O6. The molecule has 1 aliphatic carbocycles. The lowest BCUT2D eigenvalue weighted by atomic mass is 9.73. The Balaban J connectivity index is 2.04. The summed E-state index contributed by atoms with van der Waals surface area (Å²) >= 11 is 0. The molecule has 1 aliphatic rings. The van der Waals surface area contributed by atoms with Crippen molar-refractivity contribution in [3.8, 4) is 5.75 Å². The Hall–Kier alpha value is -2.64. The van der Waals surface area contributed by atoms with Gasteiger partial charge in [0.1, 0.15) is 5.75 Å². The number of carbonyl (C=O) groups is 2. The van der Waals surface area contributed by atoms with Gasteiger partial charge in [-0.3, -0.25) is 19.7 Å². The third-order valence-electron chi connectivity index (χ3n) is 3.86. The molecule has 0 aliphatic heterocycles. The van der Waals surface area contributed by atoms with Crippen molar-refractivity contribution in [2.24, 2.45) is 11.8 Å². The highest BCUT2D eigenvalue weighted by atomic mass is 16.6. The van der Waals surface area contributed by atoms with Gasteiger partial charge in [0.05, 0.1) is 23.9 Å². The topological polar surface area (TPSA) is 119 Å². The van der Waals surface area contributed by atoms with Crippen molar-refractivity contribution in [1.82, 2.24) is 5.32 Å². The van der Waals surface area contributed by atoms with Crippen LogP contribution in [0.5, 0.6) is 5.75 Å². The molecule has 0 heterocycles. The lowest BCUT2D eigenvalue weighted by molar-refractivity contribution is -0.384. The van der Waals surface area contributed by atoms with E-state index in [1.807, 2.05) is 0 Å². The van der Waals surface area contributed by atoms with Crippen LogP contribution in [-0.2, 0) is 16.1 Å². The van der Waals surface area contributed by atoms with E-state index in [2.05, 4.69) is 5.32 Å². The number of nitro benzene ring substituents is 1. The molecule has 1 amide bonds. The lowest BCUT2D eigenvalue weighted by Crippen LogP contribution is -2.43. The van der Waals surface area contributed by atoms with Gasteiger partial charge in [0.2, 0.25) is 5.91 Å². The Bertz CT molecular complexity index is 615. The highest BCUT2D eigenvalue weighted by Gasteiger charge is 2.41. The molecule has 0 bridgehead atoms. The van der Waals surface area contributed by atoms with Crippen LogP contribution in [0.3, 0.4) is 0 Å². The van der Waals surface area contributed by atoms with Gasteiger partial charge in [-0.1, -0.05) is 0 Å². The molecule has 2 rings (SSSR count). The fourth-order valence-electron chi connectivity index (χ4n) is 2.44. The number of amides is 1. The van der Waals surface area contributed by atoms with Crippen LogP contribution in [0, 0.1) is 22.0 Å². The predicted molar refractivity (Wildman–Crippen MR) is 75.3 cm³/mol. The van der Waals surface area contributed by atoms with Crippen molar-refractivity contribution in [2.45, 2.75) is 19.4 Å². The first-order valence-corrected chi connectivity index (χ1v) is 6.76. The average molecular weight is 308 g/mol. The second-order valence-electron chi connectivity index (χ2n) is 5.10. The van der Waals surface area contributed by atoms with Gasteiger partial charge in [0.25, 0.3) is 5.69 Å². The van der Waals surface area contributed by atoms with Crippen LogP contribution in [0.25, 0.3) is 0 Å². The van der Waals surface area contributed by atoms with Crippen LogP contribution in [0.1, 0.15) is 18.4 Å². The third kappa shape index (κ3) is 3.16. The SMILES string of the molecule is COc1ccc([N+](=O)[O-])cc1CNC(=O)C1CCC1C(=O)O. The Labute approximate surface area is 126 Å². The Morgan fingerprint density at radius 1 is 1.41 bits per heavy atom. The minimum Gasteiger partial charge on any atom is -0.496 e. The van der Waals surface area contributed by atoms with E-state index in [0.717, 1.165) is 0 Å². The fourth-order valence-corrected chi connectivity index (χ4v) is 2.44. The molecule has 0 aromatic heterocycles. The number of benzene rings is 1. The number of nitrogens with zero attached hydrogens (tertiary/aromatic N) is 1. The van der Waals surface area contributed by atoms with E-state index >= 15 is 0 Å². The van der Waals surface area contributed by atoms with Crippen molar-refractivity contribution in [3.63, 3.8) is 0 Å². The lowest BCUT2D eigenvalue weighted by Gasteiger charge is -2.31. The molecule has 1 aromatic carbocycles. The van der Waals surface area contributed by atoms with E-state index < -0.39 is 22.7 Å². The summed E-state index contributed by atoms with van der Waals surface area (Å²) in [5, 5.41) is 22.3. The van der Waals surface area contributed by atoms with Crippen molar-refractivity contribution in [3.05, 3.63) is 33.9 Å². The van der Waals surface area contributed by atoms with E-state index in [0.29, 0.717) is 24.2 Å². The number of carboxylic acid groups (broad SMARTS) is 1. The summed E-state index contributed by atoms with van der Waals surface area (Å²) < 4.78 is 5.10. The Morgan fingerprint density at radius 2 is 2.09 bits per heavy atom. The summed E-state index contributed by atoms with van der Waals surface area (Å²) in [7, 11) is 1.43. The number of ether oxygens (including phenoxy) is 1. The van der Waals surface area contributed by atoms with Gasteiger partial charge >= 0.3 is 5.97 Å². The molecule has 2 N–H and O–H groups in total. The summed E-state index contributed by atoms with van der Waals surface area (Å²) in [6.45, 7) is 0.0481. The second-order valence-corrected chi connectivity index (χ2v) is 5.10. The van der Waals surface area contributed by atoms with Crippen molar-refractivity contribution < 1.29 is 24.4 Å². The first-order valence-electron chi connectivity index (χ1n) is 6.76. The largest absolute Gasteiger partial charge is 0.496 e. The number of nitro groups is 1. The number of methoxy groups -OCH3 is 1. The molecule has 118 valence electrons. The molecule has 2 unspecified atom stereocenters. The van der Waals surface area contributed by atoms with E-state index in [-0.39, 0.29) is 18.1 Å². The van der Waals surface area contributed by atoms with Crippen LogP contribution >= 0.6 is 0 Å². The van der Waals surface area contributed by atoms with Gasteiger partial charge in [-0.15, -0.1) is 0 Å². The summed E-state index contributed by atoms with van der Waals surface area (Å²) in [6.07, 6.45) is 1.03. The molecule has 2 atom stereocenters. The summed E-state index contributed by atoms with van der Waals surface area (Å²) in [5.41, 5.74) is 0.369. The minimum atomic E-state index is -0.973. The maximum absolute atomic E-state index is 12.0. The maximum atomic E-state index is 12.0. The molecule has 8 nitrogen and oxygen atoms in total. The third-order valence-corrected chi connectivity index (χ3v) is 3.86. The quantitative estimate of drug-likeness (QED) is 0.604. The number of hydrogen-bond donors (Lipinski definition) is 2.